The van der Waals surface area contributed by atoms with Crippen molar-refractivity contribution < 1.29 is 9.84 Å². The summed E-state index contributed by atoms with van der Waals surface area (Å²) < 4.78 is 7.53. The lowest BCUT2D eigenvalue weighted by molar-refractivity contribution is 0.372. The van der Waals surface area contributed by atoms with Crippen LogP contribution in [0.4, 0.5) is 0 Å². The first-order chi connectivity index (χ1) is 11.5. The van der Waals surface area contributed by atoms with E-state index in [4.69, 9.17) is 4.74 Å². The minimum Gasteiger partial charge on any atom is -0.503 e. The van der Waals surface area contributed by atoms with E-state index in [2.05, 4.69) is 27.0 Å². The Morgan fingerprint density at radius 3 is 2.79 bits per heavy atom. The number of aryl methyl sites for hydroxylation is 1. The van der Waals surface area contributed by atoms with E-state index in [1.165, 1.54) is 7.11 Å². The molecule has 3 rings (SSSR count). The maximum Gasteiger partial charge on any atom is 0.172 e. The Labute approximate surface area is 147 Å². The molecule has 0 amide bonds. The fraction of sp³-hybridized carbons (Fsp3) is 0.111. The number of nitrogens with zero attached hydrogens (tertiary/aromatic N) is 3. The number of aromatic hydroxyl groups is 1. The van der Waals surface area contributed by atoms with E-state index in [1.54, 1.807) is 18.2 Å². The van der Waals surface area contributed by atoms with Crippen LogP contribution in [-0.2, 0) is 7.05 Å². The van der Waals surface area contributed by atoms with Crippen LogP contribution in [0, 0.1) is 11.3 Å². The third-order valence-corrected chi connectivity index (χ3v) is 4.33. The highest BCUT2D eigenvalue weighted by atomic mass is 79.9. The van der Waals surface area contributed by atoms with Crippen LogP contribution in [0.5, 0.6) is 11.5 Å². The topological polar surface area (TPSA) is 71.1 Å². The van der Waals surface area contributed by atoms with Crippen LogP contribution in [0.1, 0.15) is 11.4 Å². The van der Waals surface area contributed by atoms with Crippen LogP contribution in [0.15, 0.2) is 40.9 Å². The Kier molecular flexibility index (Phi) is 4.28. The van der Waals surface area contributed by atoms with E-state index < -0.39 is 0 Å². The molecule has 0 bridgehead atoms. The van der Waals surface area contributed by atoms with Gasteiger partial charge >= 0.3 is 0 Å². The zero-order chi connectivity index (χ0) is 17.3. The van der Waals surface area contributed by atoms with E-state index in [-0.39, 0.29) is 5.75 Å². The third kappa shape index (κ3) is 2.74. The molecule has 0 spiro atoms. The van der Waals surface area contributed by atoms with Crippen LogP contribution in [-0.4, -0.2) is 21.8 Å². The second-order valence-electron chi connectivity index (χ2n) is 5.21. The highest BCUT2D eigenvalue weighted by Crippen LogP contribution is 2.36. The number of fused-ring (bicyclic) bond motifs is 1. The highest BCUT2D eigenvalue weighted by Gasteiger charge is 2.13. The number of aromatic nitrogens is 2. The number of halogens is 1. The first-order valence-electron chi connectivity index (χ1n) is 7.15. The molecule has 6 heteroatoms. The lowest BCUT2D eigenvalue weighted by atomic mass is 10.1. The summed E-state index contributed by atoms with van der Waals surface area (Å²) in [6, 6.07) is 13.3. The zero-order valence-corrected chi connectivity index (χ0v) is 14.7. The van der Waals surface area contributed by atoms with Gasteiger partial charge in [-0.25, -0.2) is 4.98 Å². The minimum absolute atomic E-state index is 0.0240. The highest BCUT2D eigenvalue weighted by molar-refractivity contribution is 9.10. The van der Waals surface area contributed by atoms with Crippen LogP contribution in [0.25, 0.3) is 22.7 Å². The van der Waals surface area contributed by atoms with Gasteiger partial charge in [0.15, 0.2) is 17.3 Å². The number of phenolic OH excluding ortho intramolecular Hbond substituents is 1. The van der Waals surface area contributed by atoms with Gasteiger partial charge in [0.1, 0.15) is 6.07 Å². The van der Waals surface area contributed by atoms with Crippen LogP contribution >= 0.6 is 15.9 Å². The van der Waals surface area contributed by atoms with Crippen LogP contribution in [0.3, 0.4) is 0 Å². The maximum absolute atomic E-state index is 9.90. The average Bonchev–Trinajstić information content (AvgIpc) is 2.92. The third-order valence-electron chi connectivity index (χ3n) is 3.73. The number of rotatable bonds is 3. The van der Waals surface area contributed by atoms with E-state index in [9.17, 15) is 10.4 Å². The minimum atomic E-state index is 0.0240. The molecule has 2 aromatic carbocycles. The van der Waals surface area contributed by atoms with Gasteiger partial charge in [0.25, 0.3) is 0 Å². The molecule has 0 unspecified atom stereocenters. The Hall–Kier alpha value is -2.78. The molecule has 1 heterocycles. The molecule has 24 heavy (non-hydrogen) atoms. The average molecular weight is 384 g/mol. The van der Waals surface area contributed by atoms with E-state index >= 15 is 0 Å². The van der Waals surface area contributed by atoms with Crippen molar-refractivity contribution in [2.24, 2.45) is 7.05 Å². The van der Waals surface area contributed by atoms with Gasteiger partial charge in [0, 0.05) is 7.05 Å². The molecule has 1 aromatic heterocycles. The molecule has 0 aliphatic carbocycles. The Morgan fingerprint density at radius 1 is 1.38 bits per heavy atom. The summed E-state index contributed by atoms with van der Waals surface area (Å²) in [5.74, 6) is 0.940. The van der Waals surface area contributed by atoms with Gasteiger partial charge in [0.2, 0.25) is 0 Å². The SMILES string of the molecule is COc1cc(C=C(C#N)c2nc3ccccc3n2C)cc(Br)c1O. The van der Waals surface area contributed by atoms with Crippen molar-refractivity contribution in [3.05, 3.63) is 52.3 Å². The number of ether oxygens (including phenoxy) is 1. The number of para-hydroxylation sites is 2. The van der Waals surface area contributed by atoms with Gasteiger partial charge in [-0.1, -0.05) is 12.1 Å². The molecule has 5 nitrogen and oxygen atoms in total. The Bertz CT molecular complexity index is 999. The largest absolute Gasteiger partial charge is 0.503 e. The molecule has 3 aromatic rings. The standard InChI is InChI=1S/C18H14BrN3O2/c1-22-15-6-4-3-5-14(15)21-18(22)12(10-20)7-11-8-13(19)17(23)16(9-11)24-2/h3-9,23H,1-2H3. The second kappa shape index (κ2) is 6.38. The second-order valence-corrected chi connectivity index (χ2v) is 6.06. The van der Waals surface area contributed by atoms with E-state index in [0.717, 1.165) is 16.6 Å². The van der Waals surface area contributed by atoms with Crippen molar-refractivity contribution in [2.75, 3.05) is 7.11 Å². The monoisotopic (exact) mass is 383 g/mol. The van der Waals surface area contributed by atoms with E-state index in [0.29, 0.717) is 21.6 Å². The van der Waals surface area contributed by atoms with Crippen molar-refractivity contribution in [2.45, 2.75) is 0 Å². The number of hydrogen-bond acceptors (Lipinski definition) is 4. The Balaban J connectivity index is 2.15. The Morgan fingerprint density at radius 2 is 2.12 bits per heavy atom. The molecule has 0 radical (unpaired) electrons. The first-order valence-corrected chi connectivity index (χ1v) is 7.94. The first kappa shape index (κ1) is 16.1. The van der Waals surface area contributed by atoms with Gasteiger partial charge in [-0.2, -0.15) is 5.26 Å². The molecule has 1 N–H and O–H groups in total. The smallest absolute Gasteiger partial charge is 0.172 e. The van der Waals surface area contributed by atoms with Crippen molar-refractivity contribution >= 4 is 38.6 Å². The van der Waals surface area contributed by atoms with Crippen LogP contribution < -0.4 is 4.74 Å². The summed E-state index contributed by atoms with van der Waals surface area (Å²) in [6.07, 6.45) is 1.72. The number of nitriles is 1. The predicted molar refractivity (Wildman–Crippen MR) is 96.6 cm³/mol. The van der Waals surface area contributed by atoms with Crippen molar-refractivity contribution in [1.29, 1.82) is 5.26 Å². The predicted octanol–water partition coefficient (Wildman–Crippen LogP) is 4.11. The molecule has 0 saturated heterocycles. The number of benzene rings is 2. The van der Waals surface area contributed by atoms with Crippen molar-refractivity contribution in [1.82, 2.24) is 9.55 Å². The molecule has 0 aliphatic rings. The number of imidazole rings is 1. The van der Waals surface area contributed by atoms with Gasteiger partial charge in [-0.15, -0.1) is 0 Å². The van der Waals surface area contributed by atoms with Crippen molar-refractivity contribution in [3.8, 4) is 17.6 Å². The number of hydrogen-bond donors (Lipinski definition) is 1. The fourth-order valence-corrected chi connectivity index (χ4v) is 2.99. The molecule has 0 aliphatic heterocycles. The number of methoxy groups -OCH3 is 1. The quantitative estimate of drug-likeness (QED) is 0.690. The van der Waals surface area contributed by atoms with Gasteiger partial charge in [-0.3, -0.25) is 0 Å². The van der Waals surface area contributed by atoms with Crippen molar-refractivity contribution in [3.63, 3.8) is 0 Å². The van der Waals surface area contributed by atoms with Gasteiger partial charge < -0.3 is 14.4 Å². The summed E-state index contributed by atoms with van der Waals surface area (Å²) in [5.41, 5.74) is 2.94. The molecular weight excluding hydrogens is 370 g/mol. The lowest BCUT2D eigenvalue weighted by Crippen LogP contribution is -1.96. The van der Waals surface area contributed by atoms with E-state index in [1.807, 2.05) is 35.9 Å². The number of allylic oxidation sites excluding steroid dienone is 1. The summed E-state index contributed by atoms with van der Waals surface area (Å²) in [7, 11) is 3.36. The zero-order valence-electron chi connectivity index (χ0n) is 13.1. The fourth-order valence-electron chi connectivity index (χ4n) is 2.53. The molecule has 120 valence electrons. The number of phenols is 1. The summed E-state index contributed by atoms with van der Waals surface area (Å²) >= 11 is 3.29. The molecule has 0 fully saturated rings. The van der Waals surface area contributed by atoms with Gasteiger partial charge in [0.05, 0.1) is 28.2 Å². The van der Waals surface area contributed by atoms with Crippen LogP contribution in [0.2, 0.25) is 0 Å². The molecule has 0 atom stereocenters. The summed E-state index contributed by atoms with van der Waals surface area (Å²) in [6.45, 7) is 0. The molecular formula is C18H14BrN3O2. The maximum atomic E-state index is 9.90. The lowest BCUT2D eigenvalue weighted by Gasteiger charge is -2.07. The normalized spacial score (nSPS) is 11.5. The summed E-state index contributed by atoms with van der Waals surface area (Å²) in [5, 5.41) is 19.5. The molecule has 0 saturated carbocycles. The summed E-state index contributed by atoms with van der Waals surface area (Å²) in [4.78, 5) is 4.54. The van der Waals surface area contributed by atoms with Gasteiger partial charge in [-0.05, 0) is 51.8 Å².